The second-order valence-electron chi connectivity index (χ2n) is 3.83. The molecule has 18 heavy (non-hydrogen) atoms. The van der Waals surface area contributed by atoms with Crippen molar-refractivity contribution in [3.63, 3.8) is 0 Å². The third-order valence-corrected chi connectivity index (χ3v) is 4.06. The molecule has 0 spiro atoms. The maximum atomic E-state index is 8.94. The molecule has 0 aliphatic carbocycles. The van der Waals surface area contributed by atoms with Gasteiger partial charge >= 0.3 is 0 Å². The monoisotopic (exact) mass is 273 g/mol. The quantitative estimate of drug-likeness (QED) is 0.725. The summed E-state index contributed by atoms with van der Waals surface area (Å²) in [6.07, 6.45) is 0.497. The number of thioether (sulfide) groups is 1. The van der Waals surface area contributed by atoms with E-state index in [1.165, 1.54) is 5.56 Å². The SMILES string of the molecule is N#CCC(Sc1ccc(Cl)cc1)c1ccccc1. The van der Waals surface area contributed by atoms with Gasteiger partial charge in [0, 0.05) is 15.2 Å². The van der Waals surface area contributed by atoms with Crippen LogP contribution in [0.15, 0.2) is 59.5 Å². The van der Waals surface area contributed by atoms with Crippen LogP contribution in [0.5, 0.6) is 0 Å². The zero-order valence-corrected chi connectivity index (χ0v) is 11.3. The fourth-order valence-corrected chi connectivity index (χ4v) is 2.85. The first kappa shape index (κ1) is 13.0. The Labute approximate surface area is 116 Å². The summed E-state index contributed by atoms with van der Waals surface area (Å²) in [7, 11) is 0. The Hall–Kier alpha value is -1.43. The summed E-state index contributed by atoms with van der Waals surface area (Å²) in [4.78, 5) is 1.13. The molecule has 0 saturated heterocycles. The lowest BCUT2D eigenvalue weighted by Crippen LogP contribution is -1.92. The predicted octanol–water partition coefficient (Wildman–Crippen LogP) is 5.09. The van der Waals surface area contributed by atoms with Gasteiger partial charge in [0.05, 0.1) is 12.5 Å². The van der Waals surface area contributed by atoms with Crippen molar-refractivity contribution in [3.05, 3.63) is 65.2 Å². The first-order valence-electron chi connectivity index (χ1n) is 5.63. The smallest absolute Gasteiger partial charge is 0.0637 e. The van der Waals surface area contributed by atoms with Crippen LogP contribution >= 0.6 is 23.4 Å². The molecule has 0 aliphatic heterocycles. The van der Waals surface area contributed by atoms with E-state index in [0.29, 0.717) is 6.42 Å². The molecule has 0 aromatic heterocycles. The topological polar surface area (TPSA) is 23.8 Å². The number of hydrogen-bond acceptors (Lipinski definition) is 2. The maximum absolute atomic E-state index is 8.94. The minimum absolute atomic E-state index is 0.164. The lowest BCUT2D eigenvalue weighted by Gasteiger charge is -2.13. The highest BCUT2D eigenvalue weighted by atomic mass is 35.5. The van der Waals surface area contributed by atoms with Gasteiger partial charge in [0.25, 0.3) is 0 Å². The molecular weight excluding hydrogens is 262 g/mol. The lowest BCUT2D eigenvalue weighted by atomic mass is 10.1. The van der Waals surface area contributed by atoms with E-state index in [0.717, 1.165) is 9.92 Å². The van der Waals surface area contributed by atoms with Crippen LogP contribution in [0.3, 0.4) is 0 Å². The standard InChI is InChI=1S/C15H12ClNS/c16-13-6-8-14(9-7-13)18-15(10-11-17)12-4-2-1-3-5-12/h1-9,15H,10H2. The predicted molar refractivity (Wildman–Crippen MR) is 76.7 cm³/mol. The van der Waals surface area contributed by atoms with Crippen molar-refractivity contribution in [1.29, 1.82) is 5.26 Å². The Bertz CT molecular complexity index is 531. The molecule has 0 heterocycles. The molecular formula is C15H12ClNS. The van der Waals surface area contributed by atoms with Crippen molar-refractivity contribution in [3.8, 4) is 6.07 Å². The molecule has 0 amide bonds. The highest BCUT2D eigenvalue weighted by Gasteiger charge is 2.12. The first-order valence-corrected chi connectivity index (χ1v) is 6.89. The molecule has 1 unspecified atom stereocenters. The van der Waals surface area contributed by atoms with E-state index >= 15 is 0 Å². The third kappa shape index (κ3) is 3.53. The Morgan fingerprint density at radius 3 is 2.33 bits per heavy atom. The number of benzene rings is 2. The second kappa shape index (κ2) is 6.49. The van der Waals surface area contributed by atoms with E-state index in [-0.39, 0.29) is 5.25 Å². The van der Waals surface area contributed by atoms with E-state index < -0.39 is 0 Å². The Morgan fingerprint density at radius 2 is 1.72 bits per heavy atom. The molecule has 0 radical (unpaired) electrons. The van der Waals surface area contributed by atoms with Crippen LogP contribution in [0.25, 0.3) is 0 Å². The van der Waals surface area contributed by atoms with Gasteiger partial charge in [0.15, 0.2) is 0 Å². The Kier molecular flexibility index (Phi) is 4.69. The van der Waals surface area contributed by atoms with Gasteiger partial charge < -0.3 is 0 Å². The summed E-state index contributed by atoms with van der Waals surface area (Å²) in [5.41, 5.74) is 1.18. The molecule has 0 bridgehead atoms. The van der Waals surface area contributed by atoms with Crippen molar-refractivity contribution in [2.45, 2.75) is 16.6 Å². The molecule has 2 rings (SSSR count). The first-order chi connectivity index (χ1) is 8.79. The van der Waals surface area contributed by atoms with E-state index in [9.17, 15) is 0 Å². The third-order valence-electron chi connectivity index (χ3n) is 2.54. The van der Waals surface area contributed by atoms with Crippen molar-refractivity contribution in [2.24, 2.45) is 0 Å². The molecule has 0 fully saturated rings. The number of nitrogens with zero attached hydrogens (tertiary/aromatic N) is 1. The number of nitriles is 1. The van der Waals surface area contributed by atoms with Gasteiger partial charge in [-0.15, -0.1) is 11.8 Å². The summed E-state index contributed by atoms with van der Waals surface area (Å²) in [6, 6.07) is 20.1. The lowest BCUT2D eigenvalue weighted by molar-refractivity contribution is 0.978. The normalized spacial score (nSPS) is 11.8. The zero-order chi connectivity index (χ0) is 12.8. The number of hydrogen-bond donors (Lipinski definition) is 0. The van der Waals surface area contributed by atoms with Gasteiger partial charge in [-0.3, -0.25) is 0 Å². The van der Waals surface area contributed by atoms with Crippen LogP contribution in [0, 0.1) is 11.3 Å². The molecule has 1 atom stereocenters. The minimum atomic E-state index is 0.164. The molecule has 3 heteroatoms. The van der Waals surface area contributed by atoms with Crippen LogP contribution < -0.4 is 0 Å². The second-order valence-corrected chi connectivity index (χ2v) is 5.55. The molecule has 0 N–H and O–H groups in total. The minimum Gasteiger partial charge on any atom is -0.198 e. The zero-order valence-electron chi connectivity index (χ0n) is 9.71. The largest absolute Gasteiger partial charge is 0.198 e. The summed E-state index contributed by atoms with van der Waals surface area (Å²) < 4.78 is 0. The molecule has 1 nitrogen and oxygen atoms in total. The Morgan fingerprint density at radius 1 is 1.06 bits per heavy atom. The van der Waals surface area contributed by atoms with Crippen molar-refractivity contribution < 1.29 is 0 Å². The summed E-state index contributed by atoms with van der Waals surface area (Å²) in [5.74, 6) is 0. The van der Waals surface area contributed by atoms with Crippen LogP contribution in [0.1, 0.15) is 17.2 Å². The van der Waals surface area contributed by atoms with E-state index in [2.05, 4.69) is 18.2 Å². The van der Waals surface area contributed by atoms with Crippen LogP contribution in [0.2, 0.25) is 5.02 Å². The van der Waals surface area contributed by atoms with Crippen molar-refractivity contribution >= 4 is 23.4 Å². The van der Waals surface area contributed by atoms with Gasteiger partial charge in [-0.25, -0.2) is 0 Å². The van der Waals surface area contributed by atoms with Gasteiger partial charge in [-0.05, 0) is 29.8 Å². The fourth-order valence-electron chi connectivity index (χ4n) is 1.66. The van der Waals surface area contributed by atoms with Gasteiger partial charge in [0.2, 0.25) is 0 Å². The van der Waals surface area contributed by atoms with Gasteiger partial charge in [0.1, 0.15) is 0 Å². The van der Waals surface area contributed by atoms with E-state index in [4.69, 9.17) is 16.9 Å². The average molecular weight is 274 g/mol. The summed E-state index contributed by atoms with van der Waals surface area (Å²) >= 11 is 7.56. The summed E-state index contributed by atoms with van der Waals surface area (Å²) in [5, 5.41) is 9.83. The van der Waals surface area contributed by atoms with Crippen molar-refractivity contribution in [1.82, 2.24) is 0 Å². The maximum Gasteiger partial charge on any atom is 0.0637 e. The molecule has 0 saturated carbocycles. The average Bonchev–Trinajstić information content (AvgIpc) is 2.42. The van der Waals surface area contributed by atoms with E-state index in [1.807, 2.05) is 42.5 Å². The Balaban J connectivity index is 2.17. The summed E-state index contributed by atoms with van der Waals surface area (Å²) in [6.45, 7) is 0. The van der Waals surface area contributed by atoms with Crippen LogP contribution in [-0.2, 0) is 0 Å². The van der Waals surface area contributed by atoms with Crippen molar-refractivity contribution in [2.75, 3.05) is 0 Å². The van der Waals surface area contributed by atoms with Gasteiger partial charge in [-0.2, -0.15) is 5.26 Å². The fraction of sp³-hybridized carbons (Fsp3) is 0.133. The number of halogens is 1. The molecule has 2 aromatic carbocycles. The molecule has 2 aromatic rings. The molecule has 0 aliphatic rings. The highest BCUT2D eigenvalue weighted by molar-refractivity contribution is 7.99. The van der Waals surface area contributed by atoms with Gasteiger partial charge in [-0.1, -0.05) is 41.9 Å². The molecule has 90 valence electrons. The number of rotatable bonds is 4. The van der Waals surface area contributed by atoms with E-state index in [1.54, 1.807) is 11.8 Å². The van der Waals surface area contributed by atoms with Crippen LogP contribution in [-0.4, -0.2) is 0 Å². The highest BCUT2D eigenvalue weighted by Crippen LogP contribution is 2.37. The van der Waals surface area contributed by atoms with Crippen LogP contribution in [0.4, 0.5) is 0 Å².